The van der Waals surface area contributed by atoms with E-state index in [1.54, 1.807) is 0 Å². The lowest BCUT2D eigenvalue weighted by Crippen LogP contribution is -2.47. The summed E-state index contributed by atoms with van der Waals surface area (Å²) in [6, 6.07) is 10.7. The van der Waals surface area contributed by atoms with E-state index >= 15 is 0 Å². The standard InChI is InChI=1S/C16H26N2O/c19-15-5-4-9-17-11-13-18(14-12-17)10-8-16-6-2-1-3-7-16/h1-3,6-7,19H,4-5,8-15H2. The van der Waals surface area contributed by atoms with E-state index < -0.39 is 0 Å². The normalized spacial score (nSPS) is 17.7. The van der Waals surface area contributed by atoms with E-state index in [1.165, 1.54) is 38.3 Å². The van der Waals surface area contributed by atoms with Crippen LogP contribution in [-0.2, 0) is 6.42 Å². The number of piperazine rings is 1. The van der Waals surface area contributed by atoms with Crippen LogP contribution in [0.3, 0.4) is 0 Å². The van der Waals surface area contributed by atoms with Crippen molar-refractivity contribution in [2.75, 3.05) is 45.9 Å². The lowest BCUT2D eigenvalue weighted by Gasteiger charge is -2.34. The Balaban J connectivity index is 1.61. The van der Waals surface area contributed by atoms with Gasteiger partial charge in [-0.05, 0) is 31.4 Å². The van der Waals surface area contributed by atoms with Gasteiger partial charge in [0.15, 0.2) is 0 Å². The highest BCUT2D eigenvalue weighted by Gasteiger charge is 2.15. The number of hydrogen-bond acceptors (Lipinski definition) is 3. The maximum Gasteiger partial charge on any atom is 0.0431 e. The zero-order chi connectivity index (χ0) is 13.3. The topological polar surface area (TPSA) is 26.7 Å². The first kappa shape index (κ1) is 14.5. The summed E-state index contributed by atoms with van der Waals surface area (Å²) in [7, 11) is 0. The predicted octanol–water partition coefficient (Wildman–Crippen LogP) is 1.62. The molecule has 106 valence electrons. The Hall–Kier alpha value is -0.900. The molecule has 1 N–H and O–H groups in total. The summed E-state index contributed by atoms with van der Waals surface area (Å²) in [5.74, 6) is 0. The molecule has 1 aliphatic rings. The summed E-state index contributed by atoms with van der Waals surface area (Å²) < 4.78 is 0. The molecular formula is C16H26N2O. The van der Waals surface area contributed by atoms with Crippen LogP contribution in [0.4, 0.5) is 0 Å². The Kier molecular flexibility index (Phi) is 6.34. The van der Waals surface area contributed by atoms with Crippen LogP contribution in [0.25, 0.3) is 0 Å². The Morgan fingerprint density at radius 2 is 1.47 bits per heavy atom. The predicted molar refractivity (Wildman–Crippen MR) is 79.3 cm³/mol. The van der Waals surface area contributed by atoms with Crippen LogP contribution in [0.15, 0.2) is 30.3 Å². The molecule has 1 fully saturated rings. The van der Waals surface area contributed by atoms with Crippen LogP contribution in [0.1, 0.15) is 18.4 Å². The maximum atomic E-state index is 8.79. The first-order valence-corrected chi connectivity index (χ1v) is 7.48. The van der Waals surface area contributed by atoms with Crippen molar-refractivity contribution in [1.29, 1.82) is 0 Å². The van der Waals surface area contributed by atoms with Gasteiger partial charge in [-0.1, -0.05) is 30.3 Å². The van der Waals surface area contributed by atoms with E-state index in [4.69, 9.17) is 5.11 Å². The molecule has 1 aliphatic heterocycles. The van der Waals surface area contributed by atoms with Crippen molar-refractivity contribution >= 4 is 0 Å². The van der Waals surface area contributed by atoms with Gasteiger partial charge >= 0.3 is 0 Å². The molecule has 0 spiro atoms. The minimum atomic E-state index is 0.330. The zero-order valence-corrected chi connectivity index (χ0v) is 11.8. The van der Waals surface area contributed by atoms with Crippen molar-refractivity contribution in [3.8, 4) is 0 Å². The monoisotopic (exact) mass is 262 g/mol. The Morgan fingerprint density at radius 3 is 2.11 bits per heavy atom. The minimum Gasteiger partial charge on any atom is -0.396 e. The summed E-state index contributed by atoms with van der Waals surface area (Å²) in [6.45, 7) is 7.39. The van der Waals surface area contributed by atoms with Crippen LogP contribution in [-0.4, -0.2) is 60.8 Å². The molecule has 0 aliphatic carbocycles. The largest absolute Gasteiger partial charge is 0.396 e. The average Bonchev–Trinajstić information content (AvgIpc) is 2.48. The molecule has 0 saturated carbocycles. The number of unbranched alkanes of at least 4 members (excludes halogenated alkanes) is 1. The molecule has 0 amide bonds. The maximum absolute atomic E-state index is 8.79. The minimum absolute atomic E-state index is 0.330. The van der Waals surface area contributed by atoms with Gasteiger partial charge in [0.1, 0.15) is 0 Å². The van der Waals surface area contributed by atoms with Gasteiger partial charge < -0.3 is 14.9 Å². The lowest BCUT2D eigenvalue weighted by molar-refractivity contribution is 0.130. The molecule has 1 heterocycles. The molecule has 1 aromatic rings. The number of hydrogen-bond donors (Lipinski definition) is 1. The summed E-state index contributed by atoms with van der Waals surface area (Å²) >= 11 is 0. The van der Waals surface area contributed by atoms with Gasteiger partial charge in [0, 0.05) is 39.3 Å². The van der Waals surface area contributed by atoms with Crippen LogP contribution in [0.2, 0.25) is 0 Å². The Morgan fingerprint density at radius 1 is 0.842 bits per heavy atom. The summed E-state index contributed by atoms with van der Waals surface area (Å²) in [6.07, 6.45) is 3.22. The number of rotatable bonds is 7. The van der Waals surface area contributed by atoms with E-state index in [1.807, 2.05) is 0 Å². The molecule has 3 heteroatoms. The molecule has 0 radical (unpaired) electrons. The van der Waals surface area contributed by atoms with Gasteiger partial charge in [-0.25, -0.2) is 0 Å². The van der Waals surface area contributed by atoms with Gasteiger partial charge in [0.25, 0.3) is 0 Å². The van der Waals surface area contributed by atoms with Crippen LogP contribution in [0.5, 0.6) is 0 Å². The highest BCUT2D eigenvalue weighted by atomic mass is 16.2. The van der Waals surface area contributed by atoms with Crippen LogP contribution < -0.4 is 0 Å². The molecule has 3 nitrogen and oxygen atoms in total. The number of nitrogens with zero attached hydrogens (tertiary/aromatic N) is 2. The van der Waals surface area contributed by atoms with E-state index in [-0.39, 0.29) is 0 Å². The number of aliphatic hydroxyl groups is 1. The SMILES string of the molecule is OCCCCN1CCN(CCc2ccccc2)CC1. The fourth-order valence-electron chi connectivity index (χ4n) is 2.62. The molecule has 2 rings (SSSR count). The van der Waals surface area contributed by atoms with E-state index in [2.05, 4.69) is 40.1 Å². The van der Waals surface area contributed by atoms with Gasteiger partial charge in [-0.15, -0.1) is 0 Å². The van der Waals surface area contributed by atoms with Gasteiger partial charge in [0.05, 0.1) is 0 Å². The third kappa shape index (κ3) is 5.31. The highest BCUT2D eigenvalue weighted by molar-refractivity contribution is 5.14. The molecule has 0 atom stereocenters. The molecule has 1 saturated heterocycles. The Labute approximate surface area is 116 Å². The molecule has 0 unspecified atom stereocenters. The highest BCUT2D eigenvalue weighted by Crippen LogP contribution is 2.06. The number of aliphatic hydroxyl groups excluding tert-OH is 1. The lowest BCUT2D eigenvalue weighted by atomic mass is 10.1. The quantitative estimate of drug-likeness (QED) is 0.757. The van der Waals surface area contributed by atoms with Crippen molar-refractivity contribution in [1.82, 2.24) is 9.80 Å². The van der Waals surface area contributed by atoms with E-state index in [0.717, 1.165) is 25.8 Å². The van der Waals surface area contributed by atoms with Crippen molar-refractivity contribution in [3.05, 3.63) is 35.9 Å². The average molecular weight is 262 g/mol. The van der Waals surface area contributed by atoms with Crippen LogP contribution in [0, 0.1) is 0 Å². The third-order valence-electron chi connectivity index (χ3n) is 3.91. The van der Waals surface area contributed by atoms with Gasteiger partial charge in [0.2, 0.25) is 0 Å². The van der Waals surface area contributed by atoms with Crippen molar-refractivity contribution in [2.24, 2.45) is 0 Å². The number of benzene rings is 1. The second-order valence-electron chi connectivity index (χ2n) is 5.35. The second-order valence-corrected chi connectivity index (χ2v) is 5.35. The second kappa shape index (κ2) is 8.31. The van der Waals surface area contributed by atoms with Crippen molar-refractivity contribution < 1.29 is 5.11 Å². The van der Waals surface area contributed by atoms with Crippen LogP contribution >= 0.6 is 0 Å². The summed E-state index contributed by atoms with van der Waals surface area (Å²) in [5.41, 5.74) is 1.44. The summed E-state index contributed by atoms with van der Waals surface area (Å²) in [5, 5.41) is 8.79. The Bertz CT molecular complexity index is 334. The smallest absolute Gasteiger partial charge is 0.0431 e. The molecule has 0 bridgehead atoms. The van der Waals surface area contributed by atoms with Gasteiger partial charge in [-0.3, -0.25) is 0 Å². The first-order chi connectivity index (χ1) is 9.38. The first-order valence-electron chi connectivity index (χ1n) is 7.48. The van der Waals surface area contributed by atoms with E-state index in [0.29, 0.717) is 6.61 Å². The van der Waals surface area contributed by atoms with E-state index in [9.17, 15) is 0 Å². The van der Waals surface area contributed by atoms with Crippen molar-refractivity contribution in [2.45, 2.75) is 19.3 Å². The zero-order valence-electron chi connectivity index (χ0n) is 11.8. The fourth-order valence-corrected chi connectivity index (χ4v) is 2.62. The van der Waals surface area contributed by atoms with Gasteiger partial charge in [-0.2, -0.15) is 0 Å². The fraction of sp³-hybridized carbons (Fsp3) is 0.625. The molecule has 19 heavy (non-hydrogen) atoms. The molecule has 0 aromatic heterocycles. The summed E-state index contributed by atoms with van der Waals surface area (Å²) in [4.78, 5) is 5.09. The molecule has 1 aromatic carbocycles. The van der Waals surface area contributed by atoms with Crippen molar-refractivity contribution in [3.63, 3.8) is 0 Å². The third-order valence-corrected chi connectivity index (χ3v) is 3.91. The molecular weight excluding hydrogens is 236 g/mol.